The Kier molecular flexibility index (Phi) is 7.56. The predicted octanol–water partition coefficient (Wildman–Crippen LogP) is 4.23. The average Bonchev–Trinajstić information content (AvgIpc) is 2.90. The second kappa shape index (κ2) is 8.67. The highest BCUT2D eigenvalue weighted by Crippen LogP contribution is 2.24. The fraction of sp³-hybridized carbons (Fsp3) is 0.312. The standard InChI is InChI=1S/C16H19BrN2OS.ClH/c1-11(15(18)12-6-4-3-5-7-12)16(20)19(2)9-14-8-13(17)10-21-14;/h3-8,10-11,15H,9,18H2,1-2H3;1H. The van der Waals surface area contributed by atoms with Gasteiger partial charge in [-0.1, -0.05) is 37.3 Å². The molecule has 6 heteroatoms. The van der Waals surface area contributed by atoms with Gasteiger partial charge in [0.15, 0.2) is 0 Å². The quantitative estimate of drug-likeness (QED) is 0.812. The molecule has 0 bridgehead atoms. The van der Waals surface area contributed by atoms with Crippen molar-refractivity contribution in [2.75, 3.05) is 7.05 Å². The van der Waals surface area contributed by atoms with Gasteiger partial charge < -0.3 is 10.6 Å². The molecule has 0 saturated heterocycles. The molecule has 0 radical (unpaired) electrons. The molecule has 0 aliphatic carbocycles. The van der Waals surface area contributed by atoms with Crippen LogP contribution in [0.2, 0.25) is 0 Å². The molecule has 2 N–H and O–H groups in total. The molecule has 0 spiro atoms. The van der Waals surface area contributed by atoms with E-state index in [0.29, 0.717) is 6.54 Å². The Balaban J connectivity index is 0.00000242. The Hall–Kier alpha value is -0.880. The number of hydrogen-bond donors (Lipinski definition) is 1. The van der Waals surface area contributed by atoms with Crippen molar-refractivity contribution in [3.8, 4) is 0 Å². The number of nitrogens with two attached hydrogens (primary N) is 1. The number of amides is 1. The average molecular weight is 404 g/mol. The van der Waals surface area contributed by atoms with Crippen LogP contribution in [0.1, 0.15) is 23.4 Å². The van der Waals surface area contributed by atoms with Gasteiger partial charge in [-0.3, -0.25) is 4.79 Å². The molecule has 1 heterocycles. The maximum absolute atomic E-state index is 12.5. The number of hydrogen-bond acceptors (Lipinski definition) is 3. The van der Waals surface area contributed by atoms with Crippen molar-refractivity contribution in [2.45, 2.75) is 19.5 Å². The zero-order valence-electron chi connectivity index (χ0n) is 12.5. The molecule has 1 amide bonds. The highest BCUT2D eigenvalue weighted by molar-refractivity contribution is 9.10. The summed E-state index contributed by atoms with van der Waals surface area (Å²) in [6.45, 7) is 2.50. The Morgan fingerprint density at radius 1 is 1.36 bits per heavy atom. The fourth-order valence-corrected chi connectivity index (χ4v) is 3.72. The topological polar surface area (TPSA) is 46.3 Å². The van der Waals surface area contributed by atoms with Crippen LogP contribution in [0.25, 0.3) is 0 Å². The van der Waals surface area contributed by atoms with E-state index in [9.17, 15) is 4.79 Å². The van der Waals surface area contributed by atoms with Crippen LogP contribution in [0.5, 0.6) is 0 Å². The summed E-state index contributed by atoms with van der Waals surface area (Å²) < 4.78 is 1.05. The largest absolute Gasteiger partial charge is 0.340 e. The first kappa shape index (κ1) is 19.2. The van der Waals surface area contributed by atoms with Gasteiger partial charge in [0.2, 0.25) is 5.91 Å². The monoisotopic (exact) mass is 402 g/mol. The molecule has 0 aliphatic heterocycles. The van der Waals surface area contributed by atoms with Crippen molar-refractivity contribution in [1.82, 2.24) is 4.90 Å². The van der Waals surface area contributed by atoms with E-state index in [4.69, 9.17) is 5.73 Å². The highest BCUT2D eigenvalue weighted by atomic mass is 79.9. The SMILES string of the molecule is CC(C(=O)N(C)Cc1cc(Br)cs1)C(N)c1ccccc1.Cl. The van der Waals surface area contributed by atoms with E-state index in [1.165, 1.54) is 0 Å². The summed E-state index contributed by atoms with van der Waals surface area (Å²) in [5.74, 6) is -0.184. The van der Waals surface area contributed by atoms with Crippen LogP contribution in [0.4, 0.5) is 0 Å². The van der Waals surface area contributed by atoms with Crippen LogP contribution in [0.3, 0.4) is 0 Å². The minimum atomic E-state index is -0.281. The van der Waals surface area contributed by atoms with Gasteiger partial charge in [0, 0.05) is 27.8 Å². The van der Waals surface area contributed by atoms with E-state index in [0.717, 1.165) is 14.9 Å². The van der Waals surface area contributed by atoms with Crippen LogP contribution < -0.4 is 5.73 Å². The van der Waals surface area contributed by atoms with Gasteiger partial charge in [-0.05, 0) is 27.6 Å². The number of benzene rings is 1. The lowest BCUT2D eigenvalue weighted by molar-refractivity contribution is -0.134. The molecule has 2 atom stereocenters. The summed E-state index contributed by atoms with van der Waals surface area (Å²) in [7, 11) is 1.82. The maximum Gasteiger partial charge on any atom is 0.227 e. The van der Waals surface area contributed by atoms with Gasteiger partial charge in [-0.2, -0.15) is 0 Å². The lowest BCUT2D eigenvalue weighted by atomic mass is 9.94. The third-order valence-electron chi connectivity index (χ3n) is 3.50. The lowest BCUT2D eigenvalue weighted by Crippen LogP contribution is -2.36. The Morgan fingerprint density at radius 3 is 2.55 bits per heavy atom. The van der Waals surface area contributed by atoms with Gasteiger partial charge in [-0.15, -0.1) is 23.7 Å². The van der Waals surface area contributed by atoms with Crippen LogP contribution in [0.15, 0.2) is 46.3 Å². The molecule has 0 aliphatic rings. The number of thiophene rings is 1. The second-order valence-corrected chi connectivity index (χ2v) is 7.06. The normalized spacial score (nSPS) is 13.1. The number of nitrogens with zero attached hydrogens (tertiary/aromatic N) is 1. The van der Waals surface area contributed by atoms with Crippen molar-refractivity contribution in [2.24, 2.45) is 11.7 Å². The predicted molar refractivity (Wildman–Crippen MR) is 98.3 cm³/mol. The number of carbonyl (C=O) groups excluding carboxylic acids is 1. The van der Waals surface area contributed by atoms with Crippen LogP contribution in [-0.2, 0) is 11.3 Å². The molecular weight excluding hydrogens is 384 g/mol. The smallest absolute Gasteiger partial charge is 0.227 e. The molecule has 1 aromatic heterocycles. The van der Waals surface area contributed by atoms with Gasteiger partial charge in [0.1, 0.15) is 0 Å². The first-order valence-electron chi connectivity index (χ1n) is 6.77. The molecule has 1 aromatic carbocycles. The molecule has 2 rings (SSSR count). The molecule has 2 unspecified atom stereocenters. The molecular formula is C16H20BrClN2OS. The summed E-state index contributed by atoms with van der Waals surface area (Å²) in [6.07, 6.45) is 0. The molecule has 0 fully saturated rings. The fourth-order valence-electron chi connectivity index (χ4n) is 2.21. The Morgan fingerprint density at radius 2 is 2.00 bits per heavy atom. The summed E-state index contributed by atoms with van der Waals surface area (Å²) >= 11 is 5.07. The van der Waals surface area contributed by atoms with Crippen molar-refractivity contribution < 1.29 is 4.79 Å². The minimum absolute atomic E-state index is 0. The van der Waals surface area contributed by atoms with Gasteiger partial charge >= 0.3 is 0 Å². The van der Waals surface area contributed by atoms with Crippen LogP contribution >= 0.6 is 39.7 Å². The summed E-state index contributed by atoms with van der Waals surface area (Å²) in [6, 6.07) is 11.5. The first-order chi connectivity index (χ1) is 9.99. The summed E-state index contributed by atoms with van der Waals surface area (Å²) in [5.41, 5.74) is 7.21. The van der Waals surface area contributed by atoms with Crippen molar-refractivity contribution in [3.05, 3.63) is 56.7 Å². The van der Waals surface area contributed by atoms with E-state index in [1.54, 1.807) is 16.2 Å². The van der Waals surface area contributed by atoms with Crippen molar-refractivity contribution in [3.63, 3.8) is 0 Å². The Bertz CT molecular complexity index is 605. The van der Waals surface area contributed by atoms with Crippen LogP contribution in [0, 0.1) is 5.92 Å². The first-order valence-corrected chi connectivity index (χ1v) is 8.44. The zero-order valence-corrected chi connectivity index (χ0v) is 15.7. The minimum Gasteiger partial charge on any atom is -0.340 e. The number of halogens is 2. The molecule has 2 aromatic rings. The third kappa shape index (κ3) is 4.81. The van der Waals surface area contributed by atoms with E-state index >= 15 is 0 Å². The number of carbonyl (C=O) groups is 1. The Labute approximate surface area is 150 Å². The lowest BCUT2D eigenvalue weighted by Gasteiger charge is -2.25. The van der Waals surface area contributed by atoms with Crippen molar-refractivity contribution in [1.29, 1.82) is 0 Å². The van der Waals surface area contributed by atoms with E-state index in [2.05, 4.69) is 15.9 Å². The molecule has 3 nitrogen and oxygen atoms in total. The van der Waals surface area contributed by atoms with Gasteiger partial charge in [0.05, 0.1) is 12.5 Å². The van der Waals surface area contributed by atoms with E-state index in [1.807, 2.05) is 55.7 Å². The highest BCUT2D eigenvalue weighted by Gasteiger charge is 2.25. The molecule has 120 valence electrons. The summed E-state index contributed by atoms with van der Waals surface area (Å²) in [5, 5.41) is 2.02. The summed E-state index contributed by atoms with van der Waals surface area (Å²) in [4.78, 5) is 15.4. The molecule has 22 heavy (non-hydrogen) atoms. The van der Waals surface area contributed by atoms with Gasteiger partial charge in [0.25, 0.3) is 0 Å². The third-order valence-corrected chi connectivity index (χ3v) is 5.19. The van der Waals surface area contributed by atoms with Gasteiger partial charge in [-0.25, -0.2) is 0 Å². The maximum atomic E-state index is 12.5. The van der Waals surface area contributed by atoms with E-state index < -0.39 is 0 Å². The zero-order chi connectivity index (χ0) is 15.4. The van der Waals surface area contributed by atoms with Crippen molar-refractivity contribution >= 4 is 45.6 Å². The number of rotatable bonds is 5. The van der Waals surface area contributed by atoms with Crippen LogP contribution in [-0.4, -0.2) is 17.9 Å². The second-order valence-electron chi connectivity index (χ2n) is 5.15. The van der Waals surface area contributed by atoms with E-state index in [-0.39, 0.29) is 30.3 Å². The molecule has 0 saturated carbocycles.